The van der Waals surface area contributed by atoms with Crippen LogP contribution in [0, 0.1) is 11.6 Å². The van der Waals surface area contributed by atoms with E-state index in [2.05, 4.69) is 15.9 Å². The third-order valence-corrected chi connectivity index (χ3v) is 5.10. The minimum absolute atomic E-state index is 0.0889. The quantitative estimate of drug-likeness (QED) is 0.748. The van der Waals surface area contributed by atoms with E-state index in [9.17, 15) is 26.8 Å². The first-order chi connectivity index (χ1) is 11.6. The second kappa shape index (κ2) is 6.92. The second-order valence-corrected chi connectivity index (χ2v) is 7.39. The number of aryl methyl sites for hydroxylation is 1. The Kier molecular flexibility index (Phi) is 5.28. The SMILES string of the molecule is CCn1cc(Br)c(=O)c(NS(=O)(=O)c2cc(F)c(F)c(C(=O)O)c2)c1. The van der Waals surface area contributed by atoms with Crippen LogP contribution in [0.25, 0.3) is 0 Å². The van der Waals surface area contributed by atoms with Crippen LogP contribution in [0.15, 0.2) is 38.7 Å². The molecule has 2 rings (SSSR count). The molecule has 0 saturated heterocycles. The molecule has 0 unspecified atom stereocenters. The summed E-state index contributed by atoms with van der Waals surface area (Å²) in [4.78, 5) is 22.1. The van der Waals surface area contributed by atoms with E-state index in [4.69, 9.17) is 5.11 Å². The molecule has 11 heteroatoms. The predicted molar refractivity (Wildman–Crippen MR) is 88.2 cm³/mol. The van der Waals surface area contributed by atoms with E-state index in [1.54, 1.807) is 6.92 Å². The average Bonchev–Trinajstić information content (AvgIpc) is 2.53. The van der Waals surface area contributed by atoms with E-state index < -0.39 is 43.5 Å². The molecule has 134 valence electrons. The third kappa shape index (κ3) is 3.87. The van der Waals surface area contributed by atoms with Gasteiger partial charge in [0.25, 0.3) is 10.0 Å². The number of carboxylic acids is 1. The van der Waals surface area contributed by atoms with Crippen LogP contribution in [0.1, 0.15) is 17.3 Å². The van der Waals surface area contributed by atoms with Gasteiger partial charge >= 0.3 is 5.97 Å². The van der Waals surface area contributed by atoms with Crippen LogP contribution in [0.5, 0.6) is 0 Å². The monoisotopic (exact) mass is 436 g/mol. The molecule has 1 aromatic heterocycles. The number of aromatic nitrogens is 1. The number of anilines is 1. The highest BCUT2D eigenvalue weighted by molar-refractivity contribution is 9.10. The Morgan fingerprint density at radius 3 is 2.52 bits per heavy atom. The number of pyridine rings is 1. The van der Waals surface area contributed by atoms with Gasteiger partial charge in [0.1, 0.15) is 5.69 Å². The summed E-state index contributed by atoms with van der Waals surface area (Å²) in [5.41, 5.74) is -2.15. The van der Waals surface area contributed by atoms with Crippen molar-refractivity contribution in [3.8, 4) is 0 Å². The summed E-state index contributed by atoms with van der Waals surface area (Å²) in [5, 5.41) is 8.84. The Balaban J connectivity index is 2.56. The first kappa shape index (κ1) is 19.1. The zero-order valence-electron chi connectivity index (χ0n) is 12.6. The number of nitrogens with zero attached hydrogens (tertiary/aromatic N) is 1. The van der Waals surface area contributed by atoms with Crippen molar-refractivity contribution in [2.24, 2.45) is 0 Å². The number of carbonyl (C=O) groups is 1. The largest absolute Gasteiger partial charge is 0.478 e. The molecule has 25 heavy (non-hydrogen) atoms. The number of benzene rings is 1. The lowest BCUT2D eigenvalue weighted by Crippen LogP contribution is -2.21. The molecule has 1 aromatic carbocycles. The lowest BCUT2D eigenvalue weighted by atomic mass is 10.2. The normalized spacial score (nSPS) is 11.4. The van der Waals surface area contributed by atoms with E-state index in [1.807, 2.05) is 4.72 Å². The molecule has 0 spiro atoms. The van der Waals surface area contributed by atoms with Gasteiger partial charge in [0.2, 0.25) is 5.43 Å². The molecule has 0 bridgehead atoms. The number of sulfonamides is 1. The fourth-order valence-corrected chi connectivity index (χ4v) is 3.49. The summed E-state index contributed by atoms with van der Waals surface area (Å²) in [6, 6.07) is 0.805. The number of carboxylic acid groups (broad SMARTS) is 1. The zero-order chi connectivity index (χ0) is 18.9. The van der Waals surface area contributed by atoms with E-state index in [-0.39, 0.29) is 10.2 Å². The van der Waals surface area contributed by atoms with Crippen LogP contribution in [0.2, 0.25) is 0 Å². The molecule has 1 heterocycles. The number of halogens is 3. The van der Waals surface area contributed by atoms with Crippen molar-refractivity contribution < 1.29 is 27.1 Å². The van der Waals surface area contributed by atoms with Gasteiger partial charge in [-0.1, -0.05) is 0 Å². The van der Waals surface area contributed by atoms with Crippen molar-refractivity contribution in [2.45, 2.75) is 18.4 Å². The Hall–Kier alpha value is -2.27. The highest BCUT2D eigenvalue weighted by Crippen LogP contribution is 2.21. The fraction of sp³-hybridized carbons (Fsp3) is 0.143. The molecular formula is C14H11BrF2N2O5S. The number of hydrogen-bond donors (Lipinski definition) is 2. The molecule has 2 N–H and O–H groups in total. The highest BCUT2D eigenvalue weighted by Gasteiger charge is 2.24. The fourth-order valence-electron chi connectivity index (χ4n) is 1.93. The maximum atomic E-state index is 13.5. The van der Waals surface area contributed by atoms with Crippen LogP contribution in [-0.4, -0.2) is 24.1 Å². The Labute approximate surface area is 149 Å². The Morgan fingerprint density at radius 2 is 1.96 bits per heavy atom. The molecule has 0 amide bonds. The van der Waals surface area contributed by atoms with Crippen molar-refractivity contribution in [2.75, 3.05) is 4.72 Å². The van der Waals surface area contributed by atoms with Crippen LogP contribution >= 0.6 is 15.9 Å². The van der Waals surface area contributed by atoms with E-state index in [0.29, 0.717) is 18.7 Å². The Bertz CT molecular complexity index is 1020. The minimum Gasteiger partial charge on any atom is -0.478 e. The first-order valence-electron chi connectivity index (χ1n) is 6.71. The van der Waals surface area contributed by atoms with Gasteiger partial charge in [0.05, 0.1) is 14.9 Å². The molecule has 0 aliphatic heterocycles. The third-order valence-electron chi connectivity index (χ3n) is 3.19. The maximum Gasteiger partial charge on any atom is 0.338 e. The van der Waals surface area contributed by atoms with Crippen molar-refractivity contribution in [1.82, 2.24) is 4.57 Å². The number of hydrogen-bond acceptors (Lipinski definition) is 4. The van der Waals surface area contributed by atoms with Crippen molar-refractivity contribution >= 4 is 37.6 Å². The van der Waals surface area contributed by atoms with Crippen LogP contribution in [0.3, 0.4) is 0 Å². The van der Waals surface area contributed by atoms with E-state index in [1.165, 1.54) is 17.0 Å². The molecular weight excluding hydrogens is 426 g/mol. The standard InChI is InChI=1S/C14H11BrF2N2O5S/c1-2-19-5-9(15)13(20)11(6-19)18-25(23,24)7-3-8(14(21)22)12(17)10(16)4-7/h3-6,18H,2H2,1H3,(H,21,22). The molecule has 0 aliphatic rings. The van der Waals surface area contributed by atoms with Gasteiger partial charge in [-0.05, 0) is 35.0 Å². The molecule has 2 aromatic rings. The lowest BCUT2D eigenvalue weighted by molar-refractivity contribution is 0.0690. The summed E-state index contributed by atoms with van der Waals surface area (Å²) in [6.07, 6.45) is 2.67. The smallest absolute Gasteiger partial charge is 0.338 e. The van der Waals surface area contributed by atoms with Gasteiger partial charge in [0, 0.05) is 18.9 Å². The van der Waals surface area contributed by atoms with Gasteiger partial charge in [-0.15, -0.1) is 0 Å². The van der Waals surface area contributed by atoms with Gasteiger partial charge < -0.3 is 9.67 Å². The molecule has 7 nitrogen and oxygen atoms in total. The summed E-state index contributed by atoms with van der Waals surface area (Å²) in [5.74, 6) is -5.15. The molecule has 0 aliphatic carbocycles. The van der Waals surface area contributed by atoms with Gasteiger partial charge in [-0.2, -0.15) is 0 Å². The van der Waals surface area contributed by atoms with Crippen LogP contribution in [-0.2, 0) is 16.6 Å². The molecule has 0 saturated carbocycles. The second-order valence-electron chi connectivity index (χ2n) is 4.86. The summed E-state index contributed by atoms with van der Waals surface area (Å²) < 4.78 is 55.2. The molecule has 0 atom stereocenters. The van der Waals surface area contributed by atoms with E-state index >= 15 is 0 Å². The van der Waals surface area contributed by atoms with Crippen molar-refractivity contribution in [3.05, 3.63) is 56.4 Å². The summed E-state index contributed by atoms with van der Waals surface area (Å²) >= 11 is 3.00. The Morgan fingerprint density at radius 1 is 1.32 bits per heavy atom. The number of rotatable bonds is 5. The van der Waals surface area contributed by atoms with Gasteiger partial charge in [-0.3, -0.25) is 9.52 Å². The minimum atomic E-state index is -4.53. The van der Waals surface area contributed by atoms with E-state index in [0.717, 1.165) is 0 Å². The van der Waals surface area contributed by atoms with Crippen LogP contribution in [0.4, 0.5) is 14.5 Å². The zero-order valence-corrected chi connectivity index (χ0v) is 15.0. The first-order valence-corrected chi connectivity index (χ1v) is 8.99. The molecule has 0 radical (unpaired) electrons. The number of aromatic carboxylic acids is 1. The average molecular weight is 437 g/mol. The van der Waals surface area contributed by atoms with Crippen LogP contribution < -0.4 is 10.2 Å². The summed E-state index contributed by atoms with van der Waals surface area (Å²) in [7, 11) is -4.53. The van der Waals surface area contributed by atoms with Gasteiger partial charge in [-0.25, -0.2) is 22.0 Å². The maximum absolute atomic E-state index is 13.5. The predicted octanol–water partition coefficient (Wildman–Crippen LogP) is 2.41. The molecule has 0 fully saturated rings. The summed E-state index contributed by atoms with van der Waals surface area (Å²) in [6.45, 7) is 2.19. The van der Waals surface area contributed by atoms with Crippen molar-refractivity contribution in [3.63, 3.8) is 0 Å². The lowest BCUT2D eigenvalue weighted by Gasteiger charge is -2.11. The van der Waals surface area contributed by atoms with Gasteiger partial charge in [0.15, 0.2) is 11.6 Å². The number of nitrogens with one attached hydrogen (secondary N) is 1. The highest BCUT2D eigenvalue weighted by atomic mass is 79.9. The topological polar surface area (TPSA) is 105 Å². The van der Waals surface area contributed by atoms with Crippen molar-refractivity contribution in [1.29, 1.82) is 0 Å².